The molecule has 0 aliphatic rings. The maximum atomic E-state index is 4.47. The highest BCUT2D eigenvalue weighted by molar-refractivity contribution is 7.99. The van der Waals surface area contributed by atoms with E-state index in [4.69, 9.17) is 0 Å². The average molecular weight is 277 g/mol. The van der Waals surface area contributed by atoms with Gasteiger partial charge in [-0.05, 0) is 43.3 Å². The van der Waals surface area contributed by atoms with Crippen LogP contribution in [-0.4, -0.2) is 26.3 Å². The molecule has 0 aromatic carbocycles. The minimum absolute atomic E-state index is 0.335. The first kappa shape index (κ1) is 14.0. The van der Waals surface area contributed by atoms with Crippen molar-refractivity contribution in [1.29, 1.82) is 0 Å². The van der Waals surface area contributed by atoms with Gasteiger partial charge >= 0.3 is 0 Å². The van der Waals surface area contributed by atoms with Crippen LogP contribution in [-0.2, 0) is 7.05 Å². The molecule has 19 heavy (non-hydrogen) atoms. The number of nitrogens with one attached hydrogen (secondary N) is 1. The van der Waals surface area contributed by atoms with Crippen molar-refractivity contribution in [2.24, 2.45) is 7.05 Å². The van der Waals surface area contributed by atoms with Crippen LogP contribution >= 0.6 is 11.8 Å². The molecular formula is C13H19N5S. The summed E-state index contributed by atoms with van der Waals surface area (Å²) >= 11 is 1.52. The number of hydrogen-bond donors (Lipinski definition) is 1. The third-order valence-electron chi connectivity index (χ3n) is 2.83. The second kappa shape index (κ2) is 6.68. The Balaban J connectivity index is 2.00. The zero-order valence-electron chi connectivity index (χ0n) is 11.5. The van der Waals surface area contributed by atoms with Crippen LogP contribution in [0, 0.1) is 0 Å². The highest BCUT2D eigenvalue weighted by Crippen LogP contribution is 2.24. The number of aryl methyl sites for hydroxylation is 1. The molecule has 0 spiro atoms. The lowest BCUT2D eigenvalue weighted by molar-refractivity contribution is 0.568. The maximum absolute atomic E-state index is 4.47. The van der Waals surface area contributed by atoms with Gasteiger partial charge in [0.05, 0.1) is 0 Å². The van der Waals surface area contributed by atoms with Gasteiger partial charge in [-0.15, -0.1) is 0 Å². The average Bonchev–Trinajstić information content (AvgIpc) is 2.82. The van der Waals surface area contributed by atoms with Crippen molar-refractivity contribution in [3.05, 3.63) is 30.2 Å². The Labute approximate surface area is 117 Å². The largest absolute Gasteiger partial charge is 0.310 e. The van der Waals surface area contributed by atoms with Gasteiger partial charge in [0.2, 0.25) is 0 Å². The van der Waals surface area contributed by atoms with Crippen molar-refractivity contribution < 1.29 is 0 Å². The van der Waals surface area contributed by atoms with Gasteiger partial charge in [-0.25, -0.2) is 14.6 Å². The van der Waals surface area contributed by atoms with Gasteiger partial charge in [0.25, 0.3) is 0 Å². The lowest BCUT2D eigenvalue weighted by Crippen LogP contribution is -2.19. The molecule has 1 unspecified atom stereocenters. The monoisotopic (exact) mass is 277 g/mol. The Hall–Kier alpha value is -1.40. The Bertz CT molecular complexity index is 508. The van der Waals surface area contributed by atoms with Gasteiger partial charge in [-0.3, -0.25) is 0 Å². The number of aromatic nitrogens is 4. The second-order valence-electron chi connectivity index (χ2n) is 4.37. The van der Waals surface area contributed by atoms with Crippen molar-refractivity contribution in [1.82, 2.24) is 25.1 Å². The van der Waals surface area contributed by atoms with E-state index >= 15 is 0 Å². The van der Waals surface area contributed by atoms with E-state index in [1.54, 1.807) is 11.0 Å². The van der Waals surface area contributed by atoms with E-state index in [-0.39, 0.29) is 0 Å². The molecule has 0 bridgehead atoms. The van der Waals surface area contributed by atoms with E-state index in [0.29, 0.717) is 6.04 Å². The van der Waals surface area contributed by atoms with Crippen LogP contribution in [0.5, 0.6) is 0 Å². The molecule has 0 aliphatic heterocycles. The summed E-state index contributed by atoms with van der Waals surface area (Å²) in [4.78, 5) is 8.64. The van der Waals surface area contributed by atoms with Gasteiger partial charge in [-0.2, -0.15) is 5.10 Å². The van der Waals surface area contributed by atoms with Gasteiger partial charge in [0.1, 0.15) is 11.4 Å². The number of rotatable bonds is 6. The SMILES string of the molecule is CCCNC(C)c1ccc(Sc2ncnn2C)nc1. The third-order valence-corrected chi connectivity index (χ3v) is 3.83. The van der Waals surface area contributed by atoms with Crippen molar-refractivity contribution in [3.8, 4) is 0 Å². The number of hydrogen-bond acceptors (Lipinski definition) is 5. The molecule has 1 atom stereocenters. The van der Waals surface area contributed by atoms with Crippen molar-refractivity contribution >= 4 is 11.8 Å². The van der Waals surface area contributed by atoms with Gasteiger partial charge in [0.15, 0.2) is 5.16 Å². The first-order chi connectivity index (χ1) is 9.20. The topological polar surface area (TPSA) is 55.6 Å². The third kappa shape index (κ3) is 3.78. The Morgan fingerprint density at radius 1 is 1.37 bits per heavy atom. The quantitative estimate of drug-likeness (QED) is 0.879. The zero-order valence-corrected chi connectivity index (χ0v) is 12.3. The van der Waals surface area contributed by atoms with Crippen LogP contribution in [0.15, 0.2) is 34.8 Å². The van der Waals surface area contributed by atoms with Gasteiger partial charge in [0, 0.05) is 19.3 Å². The van der Waals surface area contributed by atoms with Crippen molar-refractivity contribution in [2.45, 2.75) is 36.5 Å². The summed E-state index contributed by atoms with van der Waals surface area (Å²) < 4.78 is 1.74. The molecule has 2 heterocycles. The van der Waals surface area contributed by atoms with Crippen LogP contribution in [0.4, 0.5) is 0 Å². The molecular weight excluding hydrogens is 258 g/mol. The van der Waals surface area contributed by atoms with Crippen LogP contribution < -0.4 is 5.32 Å². The van der Waals surface area contributed by atoms with Crippen LogP contribution in [0.25, 0.3) is 0 Å². The second-order valence-corrected chi connectivity index (χ2v) is 5.36. The highest BCUT2D eigenvalue weighted by atomic mass is 32.2. The Morgan fingerprint density at radius 3 is 2.79 bits per heavy atom. The molecule has 6 heteroatoms. The maximum Gasteiger partial charge on any atom is 0.192 e. The highest BCUT2D eigenvalue weighted by Gasteiger charge is 2.07. The van der Waals surface area contributed by atoms with Crippen molar-refractivity contribution in [2.75, 3.05) is 6.54 Å². The molecule has 0 saturated carbocycles. The Morgan fingerprint density at radius 2 is 2.21 bits per heavy atom. The summed E-state index contributed by atoms with van der Waals surface area (Å²) in [5.41, 5.74) is 1.20. The van der Waals surface area contributed by atoms with E-state index in [2.05, 4.69) is 40.3 Å². The predicted molar refractivity (Wildman–Crippen MR) is 76.1 cm³/mol. The molecule has 2 aromatic rings. The van der Waals surface area contributed by atoms with Gasteiger partial charge in [-0.1, -0.05) is 13.0 Å². The normalized spacial score (nSPS) is 12.6. The number of pyridine rings is 1. The molecule has 0 aliphatic carbocycles. The summed E-state index contributed by atoms with van der Waals surface area (Å²) in [5.74, 6) is 0. The molecule has 0 radical (unpaired) electrons. The first-order valence-electron chi connectivity index (χ1n) is 6.42. The van der Waals surface area contributed by atoms with Gasteiger partial charge < -0.3 is 5.32 Å². The van der Waals surface area contributed by atoms with E-state index in [1.165, 1.54) is 17.3 Å². The van der Waals surface area contributed by atoms with E-state index in [9.17, 15) is 0 Å². The molecule has 2 rings (SSSR count). The number of nitrogens with zero attached hydrogens (tertiary/aromatic N) is 4. The summed E-state index contributed by atoms with van der Waals surface area (Å²) in [6.07, 6.45) is 4.61. The molecule has 0 saturated heterocycles. The lowest BCUT2D eigenvalue weighted by Gasteiger charge is -2.13. The van der Waals surface area contributed by atoms with E-state index in [0.717, 1.165) is 23.1 Å². The molecule has 102 valence electrons. The molecule has 1 N–H and O–H groups in total. The molecule has 2 aromatic heterocycles. The van der Waals surface area contributed by atoms with E-state index < -0.39 is 0 Å². The summed E-state index contributed by atoms with van der Waals surface area (Å²) in [7, 11) is 1.88. The standard InChI is InChI=1S/C13H19N5S/c1-4-7-14-10(2)11-5-6-12(15-8-11)19-13-16-9-17-18(13)3/h5-6,8-10,14H,4,7H2,1-3H3. The molecule has 0 amide bonds. The fourth-order valence-corrected chi connectivity index (χ4v) is 2.37. The van der Waals surface area contributed by atoms with Crippen LogP contribution in [0.2, 0.25) is 0 Å². The zero-order chi connectivity index (χ0) is 13.7. The fraction of sp³-hybridized carbons (Fsp3) is 0.462. The smallest absolute Gasteiger partial charge is 0.192 e. The fourth-order valence-electron chi connectivity index (χ4n) is 1.66. The van der Waals surface area contributed by atoms with E-state index in [1.807, 2.05) is 19.3 Å². The predicted octanol–water partition coefficient (Wildman–Crippen LogP) is 2.42. The summed E-state index contributed by atoms with van der Waals surface area (Å²) in [6.45, 7) is 5.34. The van der Waals surface area contributed by atoms with Crippen molar-refractivity contribution in [3.63, 3.8) is 0 Å². The van der Waals surface area contributed by atoms with Crippen LogP contribution in [0.3, 0.4) is 0 Å². The molecule has 5 nitrogen and oxygen atoms in total. The minimum Gasteiger partial charge on any atom is -0.310 e. The first-order valence-corrected chi connectivity index (χ1v) is 7.23. The minimum atomic E-state index is 0.335. The summed E-state index contributed by atoms with van der Waals surface area (Å²) in [6, 6.07) is 4.47. The summed E-state index contributed by atoms with van der Waals surface area (Å²) in [5, 5.41) is 9.27. The van der Waals surface area contributed by atoms with Crippen LogP contribution in [0.1, 0.15) is 31.9 Å². The Kier molecular flexibility index (Phi) is 4.93. The molecule has 0 fully saturated rings. The lowest BCUT2D eigenvalue weighted by atomic mass is 10.1.